The Kier molecular flexibility index (Phi) is 5.89. The Balaban J connectivity index is 1.90. The van der Waals surface area contributed by atoms with Gasteiger partial charge in [-0.2, -0.15) is 0 Å². The average molecular weight is 305 g/mol. The monoisotopic (exact) mass is 304 g/mol. The fourth-order valence-corrected chi connectivity index (χ4v) is 2.86. The fraction of sp³-hybridized carbons (Fsp3) is 0.571. The number of halogens is 3. The van der Waals surface area contributed by atoms with Crippen molar-refractivity contribution in [2.24, 2.45) is 0 Å². The van der Waals surface area contributed by atoms with E-state index in [4.69, 9.17) is 23.2 Å². The quantitative estimate of drug-likeness (QED) is 0.788. The number of nitrogens with zero attached hydrogens (tertiary/aromatic N) is 2. The van der Waals surface area contributed by atoms with E-state index in [1.165, 1.54) is 6.07 Å². The minimum atomic E-state index is -0.352. The summed E-state index contributed by atoms with van der Waals surface area (Å²) in [6.45, 7) is 6.02. The molecule has 0 atom stereocenters. The highest BCUT2D eigenvalue weighted by molar-refractivity contribution is 6.30. The first kappa shape index (κ1) is 15.0. The first-order valence-corrected chi connectivity index (χ1v) is 7.55. The van der Waals surface area contributed by atoms with E-state index in [2.05, 4.69) is 9.80 Å². The third kappa shape index (κ3) is 4.60. The van der Waals surface area contributed by atoms with Crippen LogP contribution in [0.1, 0.15) is 12.0 Å². The molecular weight excluding hydrogens is 286 g/mol. The van der Waals surface area contributed by atoms with E-state index in [0.717, 1.165) is 51.3 Å². The van der Waals surface area contributed by atoms with Gasteiger partial charge >= 0.3 is 0 Å². The van der Waals surface area contributed by atoms with Gasteiger partial charge in [-0.3, -0.25) is 4.90 Å². The van der Waals surface area contributed by atoms with E-state index in [1.54, 1.807) is 6.07 Å². The molecular formula is C14H19Cl2FN2. The second-order valence-electron chi connectivity index (χ2n) is 4.91. The van der Waals surface area contributed by atoms with Gasteiger partial charge in [0.15, 0.2) is 0 Å². The third-order valence-corrected chi connectivity index (χ3v) is 3.93. The van der Waals surface area contributed by atoms with Crippen molar-refractivity contribution in [3.05, 3.63) is 34.6 Å². The molecule has 1 saturated heterocycles. The molecule has 0 unspecified atom stereocenters. The van der Waals surface area contributed by atoms with Crippen LogP contribution in [0.5, 0.6) is 0 Å². The molecule has 1 aromatic carbocycles. The average Bonchev–Trinajstić information content (AvgIpc) is 2.60. The molecule has 0 aromatic heterocycles. The Morgan fingerprint density at radius 3 is 2.58 bits per heavy atom. The van der Waals surface area contributed by atoms with Crippen LogP contribution in [0.4, 0.5) is 4.39 Å². The summed E-state index contributed by atoms with van der Waals surface area (Å²) in [5.74, 6) is 0.336. The molecule has 0 N–H and O–H groups in total. The molecule has 106 valence electrons. The predicted octanol–water partition coefficient (Wildman–Crippen LogP) is 3.23. The Labute approximate surface area is 124 Å². The molecule has 0 bridgehead atoms. The lowest BCUT2D eigenvalue weighted by Gasteiger charge is -2.21. The highest BCUT2D eigenvalue weighted by Gasteiger charge is 2.14. The van der Waals surface area contributed by atoms with Crippen molar-refractivity contribution in [3.8, 4) is 0 Å². The van der Waals surface area contributed by atoms with Crippen molar-refractivity contribution in [1.29, 1.82) is 0 Å². The van der Waals surface area contributed by atoms with Crippen molar-refractivity contribution >= 4 is 23.2 Å². The smallest absolute Gasteiger partial charge is 0.141 e. The predicted molar refractivity (Wildman–Crippen MR) is 78.5 cm³/mol. The lowest BCUT2D eigenvalue weighted by Crippen LogP contribution is -2.31. The van der Waals surface area contributed by atoms with Gasteiger partial charge < -0.3 is 4.90 Å². The largest absolute Gasteiger partial charge is 0.301 e. The van der Waals surface area contributed by atoms with E-state index in [-0.39, 0.29) is 10.8 Å². The topological polar surface area (TPSA) is 6.48 Å². The van der Waals surface area contributed by atoms with Crippen molar-refractivity contribution in [1.82, 2.24) is 9.80 Å². The maximum absolute atomic E-state index is 13.1. The van der Waals surface area contributed by atoms with Gasteiger partial charge in [-0.1, -0.05) is 17.7 Å². The fourth-order valence-electron chi connectivity index (χ4n) is 2.42. The van der Waals surface area contributed by atoms with Gasteiger partial charge in [-0.05, 0) is 37.2 Å². The summed E-state index contributed by atoms with van der Waals surface area (Å²) >= 11 is 11.6. The van der Waals surface area contributed by atoms with Gasteiger partial charge in [0, 0.05) is 32.1 Å². The number of hydrogen-bond acceptors (Lipinski definition) is 2. The molecule has 0 radical (unpaired) electrons. The Morgan fingerprint density at radius 1 is 1.11 bits per heavy atom. The van der Waals surface area contributed by atoms with Crippen LogP contribution < -0.4 is 0 Å². The van der Waals surface area contributed by atoms with E-state index in [1.807, 2.05) is 6.07 Å². The normalized spacial score (nSPS) is 18.5. The summed E-state index contributed by atoms with van der Waals surface area (Å²) < 4.78 is 13.1. The molecule has 0 aliphatic carbocycles. The van der Waals surface area contributed by atoms with Crippen LogP contribution in [0.15, 0.2) is 18.2 Å². The zero-order chi connectivity index (χ0) is 13.7. The van der Waals surface area contributed by atoms with Gasteiger partial charge in [-0.25, -0.2) is 4.39 Å². The Hall–Kier alpha value is -0.350. The summed E-state index contributed by atoms with van der Waals surface area (Å²) in [6, 6.07) is 4.97. The molecule has 1 aliphatic rings. The van der Waals surface area contributed by atoms with E-state index in [9.17, 15) is 4.39 Å². The molecule has 0 saturated carbocycles. The molecule has 1 heterocycles. The van der Waals surface area contributed by atoms with E-state index in [0.29, 0.717) is 5.88 Å². The maximum Gasteiger partial charge on any atom is 0.141 e. The van der Waals surface area contributed by atoms with Crippen LogP contribution in [-0.4, -0.2) is 48.4 Å². The van der Waals surface area contributed by atoms with Crippen LogP contribution in [-0.2, 0) is 6.54 Å². The first-order chi connectivity index (χ1) is 9.19. The van der Waals surface area contributed by atoms with E-state index >= 15 is 0 Å². The Bertz CT molecular complexity index is 414. The summed E-state index contributed by atoms with van der Waals surface area (Å²) in [5, 5.41) is 0.205. The van der Waals surface area contributed by atoms with Crippen molar-refractivity contribution in [3.63, 3.8) is 0 Å². The SMILES string of the molecule is Fc1ccc(CN2CCCN(CCCl)CC2)cc1Cl. The number of hydrogen-bond donors (Lipinski definition) is 0. The zero-order valence-corrected chi connectivity index (χ0v) is 12.4. The summed E-state index contributed by atoms with van der Waals surface area (Å²) in [7, 11) is 0. The van der Waals surface area contributed by atoms with Gasteiger partial charge in [0.25, 0.3) is 0 Å². The van der Waals surface area contributed by atoms with Crippen LogP contribution in [0.3, 0.4) is 0 Å². The molecule has 0 amide bonds. The molecule has 0 spiro atoms. The van der Waals surface area contributed by atoms with Crippen molar-refractivity contribution in [2.45, 2.75) is 13.0 Å². The van der Waals surface area contributed by atoms with Gasteiger partial charge in [0.2, 0.25) is 0 Å². The molecule has 1 fully saturated rings. The van der Waals surface area contributed by atoms with Gasteiger partial charge in [0.1, 0.15) is 5.82 Å². The van der Waals surface area contributed by atoms with Gasteiger partial charge in [0.05, 0.1) is 5.02 Å². The highest BCUT2D eigenvalue weighted by Crippen LogP contribution is 2.17. The first-order valence-electron chi connectivity index (χ1n) is 6.63. The van der Waals surface area contributed by atoms with Crippen molar-refractivity contribution in [2.75, 3.05) is 38.6 Å². The lowest BCUT2D eigenvalue weighted by molar-refractivity contribution is 0.258. The molecule has 1 aromatic rings. The molecule has 5 heteroatoms. The second-order valence-corrected chi connectivity index (χ2v) is 5.69. The standard InChI is InChI=1S/C14H19Cl2FN2/c15-4-7-18-5-1-6-19(9-8-18)11-12-2-3-14(17)13(16)10-12/h2-3,10H,1,4-9,11H2. The Morgan fingerprint density at radius 2 is 1.84 bits per heavy atom. The van der Waals surface area contributed by atoms with Crippen LogP contribution in [0.25, 0.3) is 0 Å². The zero-order valence-electron chi connectivity index (χ0n) is 10.9. The summed E-state index contributed by atoms with van der Waals surface area (Å²) in [4.78, 5) is 4.78. The second kappa shape index (κ2) is 7.44. The van der Waals surface area contributed by atoms with Gasteiger partial charge in [-0.15, -0.1) is 11.6 Å². The number of alkyl halides is 1. The number of rotatable bonds is 4. The third-order valence-electron chi connectivity index (χ3n) is 3.47. The molecule has 19 heavy (non-hydrogen) atoms. The maximum atomic E-state index is 13.1. The summed E-state index contributed by atoms with van der Waals surface area (Å²) in [5.41, 5.74) is 1.07. The molecule has 1 aliphatic heterocycles. The molecule has 2 rings (SSSR count). The van der Waals surface area contributed by atoms with Crippen LogP contribution in [0, 0.1) is 5.82 Å². The summed E-state index contributed by atoms with van der Waals surface area (Å²) in [6.07, 6.45) is 1.14. The highest BCUT2D eigenvalue weighted by atomic mass is 35.5. The van der Waals surface area contributed by atoms with E-state index < -0.39 is 0 Å². The number of benzene rings is 1. The minimum absolute atomic E-state index is 0.205. The van der Waals surface area contributed by atoms with Crippen LogP contribution >= 0.6 is 23.2 Å². The van der Waals surface area contributed by atoms with Crippen molar-refractivity contribution < 1.29 is 4.39 Å². The molecule has 2 nitrogen and oxygen atoms in total. The minimum Gasteiger partial charge on any atom is -0.301 e. The lowest BCUT2D eigenvalue weighted by atomic mass is 10.2. The van der Waals surface area contributed by atoms with Crippen LogP contribution in [0.2, 0.25) is 5.02 Å².